The van der Waals surface area contributed by atoms with Crippen LogP contribution in [-0.2, 0) is 4.74 Å². The van der Waals surface area contributed by atoms with Crippen LogP contribution in [-0.4, -0.2) is 18.8 Å². The fourth-order valence-electron chi connectivity index (χ4n) is 0.427. The van der Waals surface area contributed by atoms with E-state index >= 15 is 0 Å². The molecule has 1 saturated heterocycles. The number of nitrogens with one attached hydrogen (secondary N) is 1. The summed E-state index contributed by atoms with van der Waals surface area (Å²) in [5, 5.41) is 0. The number of hydrogen-bond acceptors (Lipinski definition) is 3. The third-order valence-electron chi connectivity index (χ3n) is 1.12. The minimum Gasteiger partial charge on any atom is -0.371 e. The van der Waals surface area contributed by atoms with E-state index in [1.165, 1.54) is 0 Å². The highest BCUT2D eigenvalue weighted by Gasteiger charge is 2.28. The summed E-state index contributed by atoms with van der Waals surface area (Å²) >= 11 is 3.86. The van der Waals surface area contributed by atoms with Crippen LogP contribution in [0.15, 0.2) is 0 Å². The van der Waals surface area contributed by atoms with Crippen molar-refractivity contribution in [2.75, 3.05) is 6.61 Å². The average Bonchev–Trinajstić information content (AvgIpc) is 2.44. The lowest BCUT2D eigenvalue weighted by Gasteiger charge is -2.01. The number of ether oxygens (including phenoxy) is 1. The molecular formula is C4H9NOS. The maximum Gasteiger partial charge on any atom is 0.0968 e. The molecule has 0 saturated carbocycles. The van der Waals surface area contributed by atoms with Gasteiger partial charge in [-0.25, -0.2) is 0 Å². The van der Waals surface area contributed by atoms with E-state index in [0.717, 1.165) is 6.61 Å². The maximum absolute atomic E-state index is 4.95. The smallest absolute Gasteiger partial charge is 0.0968 e. The molecule has 1 N–H and O–H groups in total. The monoisotopic (exact) mass is 119 g/mol. The van der Waals surface area contributed by atoms with Gasteiger partial charge in [0.2, 0.25) is 0 Å². The highest BCUT2D eigenvalue weighted by Crippen LogP contribution is 2.13. The van der Waals surface area contributed by atoms with Crippen LogP contribution < -0.4 is 4.72 Å². The zero-order chi connectivity index (χ0) is 5.28. The summed E-state index contributed by atoms with van der Waals surface area (Å²) in [7, 11) is 0. The van der Waals surface area contributed by atoms with Gasteiger partial charge in [-0.3, -0.25) is 4.72 Å². The number of hydrogen-bond donors (Lipinski definition) is 2. The quantitative estimate of drug-likeness (QED) is 0.401. The van der Waals surface area contributed by atoms with Crippen LogP contribution in [0.2, 0.25) is 0 Å². The van der Waals surface area contributed by atoms with Crippen molar-refractivity contribution >= 4 is 12.8 Å². The summed E-state index contributed by atoms with van der Waals surface area (Å²) in [6.07, 6.45) is 0.428. The SMILES string of the molecule is CC(NS)C1CO1. The van der Waals surface area contributed by atoms with Crippen LogP contribution in [0.3, 0.4) is 0 Å². The molecule has 0 spiro atoms. The van der Waals surface area contributed by atoms with Crippen LogP contribution in [0, 0.1) is 0 Å². The summed E-state index contributed by atoms with van der Waals surface area (Å²) in [6, 6.07) is 0.406. The van der Waals surface area contributed by atoms with Crippen molar-refractivity contribution in [3.8, 4) is 0 Å². The van der Waals surface area contributed by atoms with E-state index in [2.05, 4.69) is 17.5 Å². The Balaban J connectivity index is 2.10. The Bertz CT molecular complexity index is 64.7. The highest BCUT2D eigenvalue weighted by molar-refractivity contribution is 7.78. The first-order chi connectivity index (χ1) is 3.34. The molecular weight excluding hydrogens is 110 g/mol. The molecule has 0 aliphatic carbocycles. The standard InChI is InChI=1S/C4H9NOS/c1-3(5-7)4-2-6-4/h3-5,7H,2H2,1H3. The van der Waals surface area contributed by atoms with Crippen molar-refractivity contribution in [1.82, 2.24) is 4.72 Å². The van der Waals surface area contributed by atoms with Gasteiger partial charge in [-0.15, -0.1) is 0 Å². The molecule has 2 unspecified atom stereocenters. The first kappa shape index (κ1) is 5.41. The van der Waals surface area contributed by atoms with E-state index in [-0.39, 0.29) is 0 Å². The largest absolute Gasteiger partial charge is 0.371 e. The molecule has 3 heteroatoms. The second-order valence-corrected chi connectivity index (χ2v) is 2.05. The average molecular weight is 119 g/mol. The van der Waals surface area contributed by atoms with Gasteiger partial charge in [0.25, 0.3) is 0 Å². The molecule has 1 rings (SSSR count). The Hall–Kier alpha value is 0.270. The lowest BCUT2D eigenvalue weighted by molar-refractivity contribution is 0.375. The third-order valence-corrected chi connectivity index (χ3v) is 1.53. The molecule has 0 radical (unpaired) electrons. The molecule has 1 aliphatic rings. The molecule has 2 atom stereocenters. The maximum atomic E-state index is 4.95. The minimum absolute atomic E-state index is 0.406. The van der Waals surface area contributed by atoms with Gasteiger partial charge in [0.1, 0.15) is 0 Å². The molecule has 0 bridgehead atoms. The Morgan fingerprint density at radius 2 is 2.57 bits per heavy atom. The van der Waals surface area contributed by atoms with Gasteiger partial charge in [-0.05, 0) is 6.92 Å². The second-order valence-electron chi connectivity index (χ2n) is 1.79. The van der Waals surface area contributed by atoms with E-state index < -0.39 is 0 Å². The van der Waals surface area contributed by atoms with Gasteiger partial charge < -0.3 is 4.74 Å². The predicted octanol–water partition coefficient (Wildman–Crippen LogP) is 0.208. The van der Waals surface area contributed by atoms with E-state index in [1.54, 1.807) is 0 Å². The van der Waals surface area contributed by atoms with Gasteiger partial charge >= 0.3 is 0 Å². The van der Waals surface area contributed by atoms with Crippen molar-refractivity contribution in [1.29, 1.82) is 0 Å². The van der Waals surface area contributed by atoms with Crippen LogP contribution >= 0.6 is 12.8 Å². The van der Waals surface area contributed by atoms with Crippen LogP contribution in [0.25, 0.3) is 0 Å². The predicted molar refractivity (Wildman–Crippen MR) is 31.3 cm³/mol. The summed E-state index contributed by atoms with van der Waals surface area (Å²) in [4.78, 5) is 0. The fraction of sp³-hybridized carbons (Fsp3) is 1.00. The zero-order valence-electron chi connectivity index (χ0n) is 4.22. The molecule has 42 valence electrons. The Labute approximate surface area is 48.8 Å². The Morgan fingerprint density at radius 1 is 2.00 bits per heavy atom. The number of thiol groups is 1. The van der Waals surface area contributed by atoms with Crippen molar-refractivity contribution in [2.45, 2.75) is 19.1 Å². The minimum atomic E-state index is 0.406. The molecule has 0 aromatic rings. The van der Waals surface area contributed by atoms with E-state index in [1.807, 2.05) is 6.92 Å². The normalized spacial score (nSPS) is 32.6. The van der Waals surface area contributed by atoms with Crippen LogP contribution in [0.5, 0.6) is 0 Å². The van der Waals surface area contributed by atoms with Crippen molar-refractivity contribution in [3.63, 3.8) is 0 Å². The number of rotatable bonds is 2. The zero-order valence-corrected chi connectivity index (χ0v) is 5.11. The second kappa shape index (κ2) is 2.03. The van der Waals surface area contributed by atoms with Crippen LogP contribution in [0.1, 0.15) is 6.92 Å². The molecule has 2 nitrogen and oxygen atoms in total. The van der Waals surface area contributed by atoms with Crippen LogP contribution in [0.4, 0.5) is 0 Å². The van der Waals surface area contributed by atoms with E-state index in [9.17, 15) is 0 Å². The molecule has 1 heterocycles. The Morgan fingerprint density at radius 3 is 2.71 bits per heavy atom. The van der Waals surface area contributed by atoms with Gasteiger partial charge in [-0.1, -0.05) is 12.8 Å². The topological polar surface area (TPSA) is 24.6 Å². The van der Waals surface area contributed by atoms with E-state index in [4.69, 9.17) is 4.74 Å². The molecule has 0 aromatic carbocycles. The summed E-state index contributed by atoms with van der Waals surface area (Å²) in [6.45, 7) is 2.94. The lowest BCUT2D eigenvalue weighted by atomic mass is 10.3. The third kappa shape index (κ3) is 1.33. The first-order valence-electron chi connectivity index (χ1n) is 2.36. The lowest BCUT2D eigenvalue weighted by Crippen LogP contribution is -2.22. The molecule has 1 aliphatic heterocycles. The fourth-order valence-corrected chi connectivity index (χ4v) is 0.594. The van der Waals surface area contributed by atoms with Gasteiger partial charge in [0.05, 0.1) is 12.7 Å². The molecule has 0 aromatic heterocycles. The summed E-state index contributed by atoms with van der Waals surface area (Å²) < 4.78 is 7.75. The summed E-state index contributed by atoms with van der Waals surface area (Å²) in [5.74, 6) is 0. The molecule has 7 heavy (non-hydrogen) atoms. The molecule has 0 amide bonds. The number of epoxide rings is 1. The first-order valence-corrected chi connectivity index (χ1v) is 2.80. The summed E-state index contributed by atoms with van der Waals surface area (Å²) in [5.41, 5.74) is 0. The van der Waals surface area contributed by atoms with Gasteiger partial charge in [-0.2, -0.15) is 0 Å². The van der Waals surface area contributed by atoms with E-state index in [0.29, 0.717) is 12.1 Å². The van der Waals surface area contributed by atoms with Crippen molar-refractivity contribution in [2.24, 2.45) is 0 Å². The van der Waals surface area contributed by atoms with Crippen molar-refractivity contribution in [3.05, 3.63) is 0 Å². The highest BCUT2D eigenvalue weighted by atomic mass is 32.1. The molecule has 1 fully saturated rings. The van der Waals surface area contributed by atoms with Gasteiger partial charge in [0.15, 0.2) is 0 Å². The Kier molecular flexibility index (Phi) is 1.57. The van der Waals surface area contributed by atoms with Gasteiger partial charge in [0, 0.05) is 6.04 Å². The van der Waals surface area contributed by atoms with Crippen molar-refractivity contribution < 1.29 is 4.74 Å².